The summed E-state index contributed by atoms with van der Waals surface area (Å²) >= 11 is 0. The second kappa shape index (κ2) is 20.0. The van der Waals surface area contributed by atoms with Crippen LogP contribution in [-0.2, 0) is 19.5 Å². The van der Waals surface area contributed by atoms with Crippen molar-refractivity contribution in [1.29, 1.82) is 0 Å². The summed E-state index contributed by atoms with van der Waals surface area (Å²) in [6.45, 7) is 1.00. The van der Waals surface area contributed by atoms with Gasteiger partial charge >= 0.3 is 0 Å². The Morgan fingerprint density at radius 3 is 2.00 bits per heavy atom. The zero-order chi connectivity index (χ0) is 33.5. The van der Waals surface area contributed by atoms with Crippen LogP contribution >= 0.6 is 0 Å². The van der Waals surface area contributed by atoms with Crippen molar-refractivity contribution < 1.29 is 48.5 Å². The summed E-state index contributed by atoms with van der Waals surface area (Å²) < 4.78 is 40.3. The van der Waals surface area contributed by atoms with Gasteiger partial charge in [-0.15, -0.1) is 0 Å². The van der Waals surface area contributed by atoms with Gasteiger partial charge in [-0.05, 0) is 29.3 Å². The number of ether oxygens (including phenoxy) is 2. The van der Waals surface area contributed by atoms with Crippen LogP contribution in [0.5, 0.6) is 0 Å². The van der Waals surface area contributed by atoms with E-state index in [1.54, 1.807) is 18.2 Å². The number of hydrogen-bond acceptors (Lipinski definition) is 10. The molecule has 1 fully saturated rings. The number of sulfonamides is 1. The summed E-state index contributed by atoms with van der Waals surface area (Å²) in [6.07, 6.45) is 3.40. The number of fused-ring (bicyclic) bond motifs is 1. The fourth-order valence-electron chi connectivity index (χ4n) is 5.84. The van der Waals surface area contributed by atoms with Gasteiger partial charge < -0.3 is 40.1 Å². The summed E-state index contributed by atoms with van der Waals surface area (Å²) in [7, 11) is -4.21. The first-order chi connectivity index (χ1) is 22.1. The highest BCUT2D eigenvalue weighted by Gasteiger charge is 2.44. The molecule has 8 atom stereocenters. The third-order valence-electron chi connectivity index (χ3n) is 8.79. The van der Waals surface area contributed by atoms with Gasteiger partial charge in [-0.2, -0.15) is 0 Å². The molecule has 7 N–H and O–H groups in total. The lowest BCUT2D eigenvalue weighted by Gasteiger charge is -2.40. The molecule has 1 aliphatic heterocycles. The van der Waals surface area contributed by atoms with Crippen LogP contribution in [0.15, 0.2) is 47.4 Å². The highest BCUT2D eigenvalue weighted by Crippen LogP contribution is 2.24. The van der Waals surface area contributed by atoms with Crippen LogP contribution in [0, 0.1) is 0 Å². The molecule has 1 heterocycles. The van der Waals surface area contributed by atoms with E-state index in [9.17, 15) is 39.1 Å². The van der Waals surface area contributed by atoms with Crippen LogP contribution in [-0.4, -0.2) is 101 Å². The minimum absolute atomic E-state index is 0.0494. The van der Waals surface area contributed by atoms with Crippen molar-refractivity contribution >= 4 is 20.8 Å². The quantitative estimate of drug-likeness (QED) is 0.0919. The van der Waals surface area contributed by atoms with Gasteiger partial charge in [0.05, 0.1) is 36.4 Å². The van der Waals surface area contributed by atoms with E-state index in [1.165, 1.54) is 63.5 Å². The number of hydrogen-bond donors (Lipinski definition) is 7. The lowest BCUT2D eigenvalue weighted by molar-refractivity contribution is -0.303. The summed E-state index contributed by atoms with van der Waals surface area (Å²) in [6, 6.07) is 10.5. The molecule has 2 aromatic rings. The van der Waals surface area contributed by atoms with E-state index < -0.39 is 72.2 Å². The van der Waals surface area contributed by atoms with Crippen LogP contribution in [0.3, 0.4) is 0 Å². The molecule has 0 unspecified atom stereocenters. The molecular weight excluding hydrogens is 614 g/mol. The molecule has 12 heteroatoms. The highest BCUT2D eigenvalue weighted by molar-refractivity contribution is 7.89. The maximum atomic E-state index is 13.4. The molecule has 3 rings (SSSR count). The molecule has 0 aromatic heterocycles. The number of benzene rings is 2. The molecular formula is C34H55NO10S. The minimum Gasteiger partial charge on any atom is -0.394 e. The summed E-state index contributed by atoms with van der Waals surface area (Å²) in [5.74, 6) is 0. The molecule has 1 saturated heterocycles. The van der Waals surface area contributed by atoms with Gasteiger partial charge in [0, 0.05) is 0 Å². The molecule has 11 nitrogen and oxygen atoms in total. The van der Waals surface area contributed by atoms with E-state index in [4.69, 9.17) is 9.47 Å². The first kappa shape index (κ1) is 38.7. The van der Waals surface area contributed by atoms with Crippen molar-refractivity contribution in [3.05, 3.63) is 42.5 Å². The normalized spacial score (nSPS) is 24.2. The largest absolute Gasteiger partial charge is 0.394 e. The van der Waals surface area contributed by atoms with Crippen molar-refractivity contribution in [2.45, 2.75) is 144 Å². The minimum atomic E-state index is -4.21. The van der Waals surface area contributed by atoms with Crippen LogP contribution in [0.4, 0.5) is 0 Å². The third kappa shape index (κ3) is 11.8. The van der Waals surface area contributed by atoms with Gasteiger partial charge in [0.25, 0.3) is 0 Å². The molecule has 0 aliphatic carbocycles. The highest BCUT2D eigenvalue weighted by atomic mass is 32.2. The van der Waals surface area contributed by atoms with Gasteiger partial charge in [0.1, 0.15) is 24.4 Å². The molecule has 262 valence electrons. The second-order valence-corrected chi connectivity index (χ2v) is 14.2. The average Bonchev–Trinajstić information content (AvgIpc) is 3.06. The van der Waals surface area contributed by atoms with Crippen molar-refractivity contribution in [2.75, 3.05) is 13.2 Å². The van der Waals surface area contributed by atoms with E-state index in [-0.39, 0.29) is 11.3 Å². The summed E-state index contributed by atoms with van der Waals surface area (Å²) in [5, 5.41) is 63.6. The Morgan fingerprint density at radius 2 is 1.39 bits per heavy atom. The number of aliphatic hydroxyl groups is 6. The third-order valence-corrected chi connectivity index (χ3v) is 10.3. The Morgan fingerprint density at radius 1 is 0.804 bits per heavy atom. The number of nitrogens with one attached hydrogen (secondary N) is 1. The Balaban J connectivity index is 1.58. The van der Waals surface area contributed by atoms with Gasteiger partial charge in [-0.1, -0.05) is 114 Å². The summed E-state index contributed by atoms with van der Waals surface area (Å²) in [5.41, 5.74) is 0. The standard InChI is InChI=1S/C34H55NO10S/c1-2-3-4-5-6-7-8-9-10-11-12-13-18-28(37)30(38)27(23-44-34-33(41)32(40)31(39)29(22-36)45-34)35-46(42,43)26-20-19-24-16-14-15-17-25(24)21-26/h14-17,19-21,27-41H,2-13,18,22-23H2,1H3/t27-,28-,29-,30+,31+,32+,33-,34+/m1/s1. The van der Waals surface area contributed by atoms with Crippen molar-refractivity contribution in [3.8, 4) is 0 Å². The lowest BCUT2D eigenvalue weighted by Crippen LogP contribution is -2.60. The monoisotopic (exact) mass is 669 g/mol. The Kier molecular flexibility index (Phi) is 16.8. The molecule has 0 saturated carbocycles. The number of aliphatic hydroxyl groups excluding tert-OH is 6. The van der Waals surface area contributed by atoms with E-state index in [2.05, 4.69) is 11.6 Å². The molecule has 0 radical (unpaired) electrons. The van der Waals surface area contributed by atoms with Gasteiger partial charge in [-0.3, -0.25) is 0 Å². The molecule has 1 aliphatic rings. The first-order valence-electron chi connectivity index (χ1n) is 16.9. The van der Waals surface area contributed by atoms with Crippen LogP contribution in [0.25, 0.3) is 10.8 Å². The SMILES string of the molecule is CCCCCCCCCCCCCC[C@@H](O)[C@@H](O)[C@@H](CO[C@H]1O[C@H](CO)[C@H](O)[C@H](O)[C@H]1O)NS(=O)(=O)c1ccc2ccccc2c1. The van der Waals surface area contributed by atoms with E-state index in [1.807, 2.05) is 12.1 Å². The zero-order valence-electron chi connectivity index (χ0n) is 27.0. The van der Waals surface area contributed by atoms with E-state index >= 15 is 0 Å². The number of unbranched alkanes of at least 4 members (excludes halogenated alkanes) is 11. The predicted octanol–water partition coefficient (Wildman–Crippen LogP) is 3.12. The van der Waals surface area contributed by atoms with Crippen LogP contribution < -0.4 is 4.72 Å². The molecule has 0 spiro atoms. The Hall–Kier alpha value is -1.71. The average molecular weight is 670 g/mol. The lowest BCUT2D eigenvalue weighted by atomic mass is 9.99. The van der Waals surface area contributed by atoms with E-state index in [0.717, 1.165) is 24.6 Å². The molecule has 2 aromatic carbocycles. The predicted molar refractivity (Wildman–Crippen MR) is 175 cm³/mol. The molecule has 0 bridgehead atoms. The summed E-state index contributed by atoms with van der Waals surface area (Å²) in [4.78, 5) is -0.0494. The maximum Gasteiger partial charge on any atom is 0.241 e. The molecule has 46 heavy (non-hydrogen) atoms. The van der Waals surface area contributed by atoms with Crippen molar-refractivity contribution in [1.82, 2.24) is 4.72 Å². The number of rotatable bonds is 22. The fourth-order valence-corrected chi connectivity index (χ4v) is 7.11. The zero-order valence-corrected chi connectivity index (χ0v) is 27.8. The Labute approximate surface area is 273 Å². The topological polar surface area (TPSA) is 186 Å². The second-order valence-electron chi connectivity index (χ2n) is 12.5. The van der Waals surface area contributed by atoms with Crippen LogP contribution in [0.2, 0.25) is 0 Å². The Bertz CT molecular complexity index is 1250. The van der Waals surface area contributed by atoms with E-state index in [0.29, 0.717) is 11.8 Å². The smallest absolute Gasteiger partial charge is 0.241 e. The molecule has 0 amide bonds. The van der Waals surface area contributed by atoms with Gasteiger partial charge in [-0.25, -0.2) is 13.1 Å². The van der Waals surface area contributed by atoms with Crippen LogP contribution in [0.1, 0.15) is 90.4 Å². The first-order valence-corrected chi connectivity index (χ1v) is 18.4. The maximum absolute atomic E-state index is 13.4. The fraction of sp³-hybridized carbons (Fsp3) is 0.706. The van der Waals surface area contributed by atoms with Gasteiger partial charge in [0.2, 0.25) is 10.0 Å². The van der Waals surface area contributed by atoms with Crippen molar-refractivity contribution in [2.24, 2.45) is 0 Å². The van der Waals surface area contributed by atoms with Crippen molar-refractivity contribution in [3.63, 3.8) is 0 Å². The van der Waals surface area contributed by atoms with Gasteiger partial charge in [0.15, 0.2) is 6.29 Å².